The molecule has 2 aliphatic heterocycles. The Morgan fingerprint density at radius 1 is 0.867 bits per heavy atom. The first-order chi connectivity index (χ1) is 14.5. The summed E-state index contributed by atoms with van der Waals surface area (Å²) >= 11 is 1.90. The first-order valence-electron chi connectivity index (χ1n) is 11.6. The van der Waals surface area contributed by atoms with Crippen LogP contribution in [0.5, 0.6) is 0 Å². The number of morpholine rings is 2. The predicted molar refractivity (Wildman–Crippen MR) is 122 cm³/mol. The van der Waals surface area contributed by atoms with Gasteiger partial charge in [-0.1, -0.05) is 0 Å². The Bertz CT molecular complexity index is 896. The van der Waals surface area contributed by atoms with Gasteiger partial charge in [-0.25, -0.2) is 9.97 Å². The normalized spacial score (nSPS) is 30.6. The van der Waals surface area contributed by atoms with Crippen molar-refractivity contribution in [2.45, 2.75) is 84.3 Å². The lowest BCUT2D eigenvalue weighted by atomic mass is 9.96. The summed E-state index contributed by atoms with van der Waals surface area (Å²) in [5.41, 5.74) is 1.52. The number of nitrogens with zero attached hydrogens (tertiary/aromatic N) is 4. The van der Waals surface area contributed by atoms with Crippen molar-refractivity contribution in [3.8, 4) is 0 Å². The maximum absolute atomic E-state index is 6.01. The number of aryl methyl sites for hydroxylation is 2. The van der Waals surface area contributed by atoms with Crippen LogP contribution in [0.15, 0.2) is 0 Å². The molecule has 2 aromatic heterocycles. The zero-order chi connectivity index (χ0) is 20.8. The summed E-state index contributed by atoms with van der Waals surface area (Å²) < 4.78 is 11.9. The molecule has 3 aliphatic rings. The van der Waals surface area contributed by atoms with Gasteiger partial charge in [-0.3, -0.25) is 4.90 Å². The molecule has 0 radical (unpaired) electrons. The Kier molecular flexibility index (Phi) is 5.73. The minimum Gasteiger partial charge on any atom is -0.373 e. The Morgan fingerprint density at radius 2 is 1.50 bits per heavy atom. The Morgan fingerprint density at radius 3 is 2.20 bits per heavy atom. The number of anilines is 1. The summed E-state index contributed by atoms with van der Waals surface area (Å²) in [5, 5.41) is 1.32. The third-order valence-corrected chi connectivity index (χ3v) is 7.61. The Balaban J connectivity index is 1.54. The standard InChI is InChI=1S/C23H34N4O2S/c1-14-9-26(10-15(2)28-14)13-20-24-22(27-11-16(3)29-17(4)12-27)21-18-7-5-6-8-19(18)30-23(21)25-20/h14-17H,5-13H2,1-4H3. The van der Waals surface area contributed by atoms with E-state index in [4.69, 9.17) is 19.4 Å². The third-order valence-electron chi connectivity index (χ3n) is 6.42. The molecule has 164 valence electrons. The molecule has 0 spiro atoms. The first kappa shape index (κ1) is 20.6. The van der Waals surface area contributed by atoms with Gasteiger partial charge in [-0.2, -0.15) is 0 Å². The van der Waals surface area contributed by atoms with E-state index in [1.807, 2.05) is 11.3 Å². The average molecular weight is 431 g/mol. The summed E-state index contributed by atoms with van der Waals surface area (Å²) in [7, 11) is 0. The van der Waals surface area contributed by atoms with Crippen LogP contribution in [0.2, 0.25) is 0 Å². The summed E-state index contributed by atoms with van der Waals surface area (Å²) in [4.78, 5) is 17.9. The molecule has 30 heavy (non-hydrogen) atoms. The van der Waals surface area contributed by atoms with Gasteiger partial charge in [-0.05, 0) is 58.9 Å². The lowest BCUT2D eigenvalue weighted by molar-refractivity contribution is -0.0710. The number of ether oxygens (including phenoxy) is 2. The van der Waals surface area contributed by atoms with E-state index in [1.165, 1.54) is 46.3 Å². The molecule has 0 amide bonds. The zero-order valence-electron chi connectivity index (χ0n) is 18.7. The average Bonchev–Trinajstić information content (AvgIpc) is 3.04. The van der Waals surface area contributed by atoms with E-state index in [-0.39, 0.29) is 24.4 Å². The van der Waals surface area contributed by atoms with E-state index in [0.29, 0.717) is 0 Å². The minimum absolute atomic E-state index is 0.220. The third kappa shape index (κ3) is 4.09. The van der Waals surface area contributed by atoms with Crippen LogP contribution in [0.1, 0.15) is 56.8 Å². The molecular formula is C23H34N4O2S. The summed E-state index contributed by atoms with van der Waals surface area (Å²) in [5.74, 6) is 2.09. The molecule has 2 aromatic rings. The van der Waals surface area contributed by atoms with Crippen LogP contribution < -0.4 is 4.90 Å². The highest BCUT2D eigenvalue weighted by atomic mass is 32.1. The number of fused-ring (bicyclic) bond motifs is 3. The number of rotatable bonds is 3. The fourth-order valence-corrected chi connectivity index (χ4v) is 6.72. The zero-order valence-corrected chi connectivity index (χ0v) is 19.5. The van der Waals surface area contributed by atoms with Crippen LogP contribution in [-0.4, -0.2) is 65.5 Å². The van der Waals surface area contributed by atoms with Crippen molar-refractivity contribution in [2.75, 3.05) is 31.1 Å². The van der Waals surface area contributed by atoms with Crippen molar-refractivity contribution in [2.24, 2.45) is 0 Å². The van der Waals surface area contributed by atoms with Crippen LogP contribution in [-0.2, 0) is 28.9 Å². The highest BCUT2D eigenvalue weighted by Gasteiger charge is 2.29. The number of thiophene rings is 1. The van der Waals surface area contributed by atoms with Gasteiger partial charge >= 0.3 is 0 Å². The number of hydrogen-bond donors (Lipinski definition) is 0. The van der Waals surface area contributed by atoms with Crippen LogP contribution in [0.4, 0.5) is 5.82 Å². The van der Waals surface area contributed by atoms with Crippen LogP contribution >= 0.6 is 11.3 Å². The Labute approximate surface area is 183 Å². The quantitative estimate of drug-likeness (QED) is 0.738. The lowest BCUT2D eigenvalue weighted by Crippen LogP contribution is -2.46. The molecule has 5 rings (SSSR count). The molecule has 4 atom stereocenters. The van der Waals surface area contributed by atoms with Crippen molar-refractivity contribution in [1.82, 2.24) is 14.9 Å². The topological polar surface area (TPSA) is 50.7 Å². The highest BCUT2D eigenvalue weighted by Crippen LogP contribution is 2.40. The molecule has 4 unspecified atom stereocenters. The molecule has 0 bridgehead atoms. The second kappa shape index (κ2) is 8.34. The smallest absolute Gasteiger partial charge is 0.146 e. The maximum atomic E-state index is 6.01. The van der Waals surface area contributed by atoms with Gasteiger partial charge in [0.2, 0.25) is 0 Å². The molecule has 2 saturated heterocycles. The van der Waals surface area contributed by atoms with Crippen LogP contribution in [0, 0.1) is 0 Å². The molecule has 4 heterocycles. The summed E-state index contributed by atoms with van der Waals surface area (Å²) in [6.45, 7) is 13.1. The molecule has 2 fully saturated rings. The van der Waals surface area contributed by atoms with Gasteiger partial charge < -0.3 is 14.4 Å². The van der Waals surface area contributed by atoms with Gasteiger partial charge in [0.25, 0.3) is 0 Å². The molecular weight excluding hydrogens is 396 g/mol. The van der Waals surface area contributed by atoms with Crippen LogP contribution in [0.25, 0.3) is 10.2 Å². The SMILES string of the molecule is CC1CN(Cc2nc(N3CC(C)OC(C)C3)c3c4c(sc3n2)CCCC4)CC(C)O1. The molecule has 1 aliphatic carbocycles. The van der Waals surface area contributed by atoms with Gasteiger partial charge in [0.15, 0.2) is 0 Å². The first-order valence-corrected chi connectivity index (χ1v) is 12.4. The maximum Gasteiger partial charge on any atom is 0.146 e. The molecule has 0 aromatic carbocycles. The molecule has 6 nitrogen and oxygen atoms in total. The van der Waals surface area contributed by atoms with Gasteiger partial charge in [0.05, 0.1) is 36.3 Å². The van der Waals surface area contributed by atoms with E-state index in [1.54, 1.807) is 0 Å². The van der Waals surface area contributed by atoms with Crippen LogP contribution in [0.3, 0.4) is 0 Å². The fourth-order valence-electron chi connectivity index (χ4n) is 5.45. The monoisotopic (exact) mass is 430 g/mol. The minimum atomic E-state index is 0.220. The highest BCUT2D eigenvalue weighted by molar-refractivity contribution is 7.19. The van der Waals surface area contributed by atoms with Gasteiger partial charge in [0, 0.05) is 31.1 Å². The second-order valence-electron chi connectivity index (χ2n) is 9.47. The van der Waals surface area contributed by atoms with Gasteiger partial charge in [0.1, 0.15) is 16.5 Å². The molecule has 0 N–H and O–H groups in total. The van der Waals surface area contributed by atoms with Crippen molar-refractivity contribution in [3.63, 3.8) is 0 Å². The van der Waals surface area contributed by atoms with E-state index in [9.17, 15) is 0 Å². The second-order valence-corrected chi connectivity index (χ2v) is 10.6. The lowest BCUT2D eigenvalue weighted by Gasteiger charge is -2.37. The fraction of sp³-hybridized carbons (Fsp3) is 0.739. The number of aromatic nitrogens is 2. The van der Waals surface area contributed by atoms with Crippen molar-refractivity contribution >= 4 is 27.4 Å². The van der Waals surface area contributed by atoms with E-state index in [2.05, 4.69) is 37.5 Å². The van der Waals surface area contributed by atoms with Crippen molar-refractivity contribution in [3.05, 3.63) is 16.3 Å². The van der Waals surface area contributed by atoms with Crippen molar-refractivity contribution in [1.29, 1.82) is 0 Å². The van der Waals surface area contributed by atoms with Gasteiger partial charge in [-0.15, -0.1) is 11.3 Å². The number of hydrogen-bond acceptors (Lipinski definition) is 7. The molecule has 0 saturated carbocycles. The van der Waals surface area contributed by atoms with Crippen molar-refractivity contribution < 1.29 is 9.47 Å². The van der Waals surface area contributed by atoms with E-state index in [0.717, 1.165) is 44.4 Å². The summed E-state index contributed by atoms with van der Waals surface area (Å²) in [6, 6.07) is 0. The molecule has 7 heteroatoms. The summed E-state index contributed by atoms with van der Waals surface area (Å²) in [6.07, 6.45) is 5.89. The van der Waals surface area contributed by atoms with E-state index >= 15 is 0 Å². The Hall–Kier alpha value is -1.28. The van der Waals surface area contributed by atoms with E-state index < -0.39 is 0 Å². The largest absolute Gasteiger partial charge is 0.373 e. The predicted octanol–water partition coefficient (Wildman–Crippen LogP) is 3.79.